The number of carbonyl (C=O) groups excluding carboxylic acids is 1. The minimum atomic E-state index is -4.33. The topological polar surface area (TPSA) is 56.7 Å². The molecule has 0 aromatic heterocycles. The number of amides is 1. The van der Waals surface area contributed by atoms with Crippen LogP contribution in [0.3, 0.4) is 0 Å². The highest BCUT2D eigenvalue weighted by molar-refractivity contribution is 5.85. The van der Waals surface area contributed by atoms with Crippen LogP contribution in [0.25, 0.3) is 0 Å². The second kappa shape index (κ2) is 10.3. The van der Waals surface area contributed by atoms with Crippen LogP contribution in [0.4, 0.5) is 13.2 Å². The fourth-order valence-corrected chi connectivity index (χ4v) is 3.15. The first-order valence-corrected chi connectivity index (χ1v) is 9.78. The molecular weight excluding hydrogens is 369 g/mol. The first-order chi connectivity index (χ1) is 13.3. The summed E-state index contributed by atoms with van der Waals surface area (Å²) in [4.78, 5) is 18.3. The van der Waals surface area contributed by atoms with E-state index in [1.54, 1.807) is 6.07 Å². The number of rotatable bonds is 7. The van der Waals surface area contributed by atoms with Crippen LogP contribution in [-0.2, 0) is 11.0 Å². The Labute approximate surface area is 164 Å². The maximum Gasteiger partial charge on any atom is 0.416 e. The van der Waals surface area contributed by atoms with Crippen molar-refractivity contribution >= 4 is 11.9 Å². The second-order valence-electron chi connectivity index (χ2n) is 7.02. The van der Waals surface area contributed by atoms with Crippen molar-refractivity contribution in [3.05, 3.63) is 35.4 Å². The SMILES string of the molecule is CCNC(=NCC(=O)N1CCCC1)NCCC(C)c1cccc(C(F)(F)F)c1. The molecule has 1 atom stereocenters. The molecule has 5 nitrogen and oxygen atoms in total. The molecule has 156 valence electrons. The van der Waals surface area contributed by atoms with E-state index in [9.17, 15) is 18.0 Å². The van der Waals surface area contributed by atoms with Gasteiger partial charge in [-0.15, -0.1) is 0 Å². The van der Waals surface area contributed by atoms with Crippen molar-refractivity contribution < 1.29 is 18.0 Å². The Kier molecular flexibility index (Phi) is 8.14. The second-order valence-corrected chi connectivity index (χ2v) is 7.02. The summed E-state index contributed by atoms with van der Waals surface area (Å²) in [7, 11) is 0. The molecule has 1 aromatic carbocycles. The summed E-state index contributed by atoms with van der Waals surface area (Å²) in [5.74, 6) is 0.530. The molecule has 0 bridgehead atoms. The number of guanidine groups is 1. The van der Waals surface area contributed by atoms with E-state index < -0.39 is 11.7 Å². The van der Waals surface area contributed by atoms with E-state index in [0.717, 1.165) is 32.0 Å². The number of nitrogens with zero attached hydrogens (tertiary/aromatic N) is 2. The Morgan fingerprint density at radius 3 is 2.61 bits per heavy atom. The fourth-order valence-electron chi connectivity index (χ4n) is 3.15. The first-order valence-electron chi connectivity index (χ1n) is 9.78. The highest BCUT2D eigenvalue weighted by atomic mass is 19.4. The summed E-state index contributed by atoms with van der Waals surface area (Å²) in [5, 5.41) is 6.25. The fraction of sp³-hybridized carbons (Fsp3) is 0.600. The molecule has 28 heavy (non-hydrogen) atoms. The van der Waals surface area contributed by atoms with Gasteiger partial charge >= 0.3 is 6.18 Å². The molecule has 1 aliphatic heterocycles. The number of hydrogen-bond donors (Lipinski definition) is 2. The lowest BCUT2D eigenvalue weighted by Gasteiger charge is -2.17. The molecule has 1 unspecified atom stereocenters. The van der Waals surface area contributed by atoms with Crippen LogP contribution in [0.15, 0.2) is 29.3 Å². The third-order valence-corrected chi connectivity index (χ3v) is 4.83. The van der Waals surface area contributed by atoms with Gasteiger partial charge in [-0.25, -0.2) is 4.99 Å². The number of hydrogen-bond acceptors (Lipinski definition) is 2. The Morgan fingerprint density at radius 1 is 1.25 bits per heavy atom. The van der Waals surface area contributed by atoms with Crippen molar-refractivity contribution in [1.82, 2.24) is 15.5 Å². The van der Waals surface area contributed by atoms with Gasteiger partial charge in [0, 0.05) is 26.2 Å². The summed E-state index contributed by atoms with van der Waals surface area (Å²) in [6.45, 7) is 6.73. The Bertz CT molecular complexity index is 670. The summed E-state index contributed by atoms with van der Waals surface area (Å²) >= 11 is 0. The molecule has 1 heterocycles. The lowest BCUT2D eigenvalue weighted by Crippen LogP contribution is -2.39. The molecule has 0 saturated carbocycles. The number of likely N-dealkylation sites (tertiary alicyclic amines) is 1. The van der Waals surface area contributed by atoms with Gasteiger partial charge in [-0.1, -0.05) is 25.1 Å². The third kappa shape index (κ3) is 6.73. The zero-order valence-corrected chi connectivity index (χ0v) is 16.5. The molecule has 1 fully saturated rings. The molecule has 0 aliphatic carbocycles. The number of halogens is 3. The smallest absolute Gasteiger partial charge is 0.357 e. The van der Waals surface area contributed by atoms with E-state index in [1.807, 2.05) is 18.7 Å². The number of aliphatic imine (C=N–C) groups is 1. The minimum absolute atomic E-state index is 0.0204. The van der Waals surface area contributed by atoms with Gasteiger partial charge in [0.25, 0.3) is 0 Å². The summed E-state index contributed by atoms with van der Waals surface area (Å²) in [6, 6.07) is 5.45. The average molecular weight is 398 g/mol. The molecule has 1 amide bonds. The standard InChI is InChI=1S/C20H29F3N4O/c1-3-24-19(26-14-18(28)27-11-4-5-12-27)25-10-9-15(2)16-7-6-8-17(13-16)20(21,22)23/h6-8,13,15H,3-5,9-12,14H2,1-2H3,(H2,24,25,26). The van der Waals surface area contributed by atoms with Gasteiger partial charge < -0.3 is 15.5 Å². The number of alkyl halides is 3. The summed E-state index contributed by atoms with van der Waals surface area (Å²) < 4.78 is 38.6. The van der Waals surface area contributed by atoms with Crippen molar-refractivity contribution in [1.29, 1.82) is 0 Å². The molecule has 0 spiro atoms. The highest BCUT2D eigenvalue weighted by Crippen LogP contribution is 2.31. The number of nitrogens with one attached hydrogen (secondary N) is 2. The average Bonchev–Trinajstić information content (AvgIpc) is 3.20. The van der Waals surface area contributed by atoms with Gasteiger partial charge in [-0.2, -0.15) is 13.2 Å². The van der Waals surface area contributed by atoms with E-state index in [4.69, 9.17) is 0 Å². The minimum Gasteiger partial charge on any atom is -0.357 e. The predicted molar refractivity (Wildman–Crippen MR) is 104 cm³/mol. The quantitative estimate of drug-likeness (QED) is 0.547. The van der Waals surface area contributed by atoms with Gasteiger partial charge in [0.2, 0.25) is 5.91 Å². The van der Waals surface area contributed by atoms with E-state index >= 15 is 0 Å². The molecular formula is C20H29F3N4O. The Hall–Kier alpha value is -2.25. The summed E-state index contributed by atoms with van der Waals surface area (Å²) in [6.07, 6.45) is -1.60. The maximum absolute atomic E-state index is 12.9. The van der Waals surface area contributed by atoms with Gasteiger partial charge in [-0.3, -0.25) is 4.79 Å². The van der Waals surface area contributed by atoms with Crippen molar-refractivity contribution in [3.63, 3.8) is 0 Å². The van der Waals surface area contributed by atoms with Gasteiger partial charge in [-0.05, 0) is 43.7 Å². The van der Waals surface area contributed by atoms with Crippen molar-refractivity contribution in [2.75, 3.05) is 32.7 Å². The number of carbonyl (C=O) groups is 1. The molecule has 2 rings (SSSR count). The van der Waals surface area contributed by atoms with Crippen LogP contribution in [0.2, 0.25) is 0 Å². The van der Waals surface area contributed by atoms with Gasteiger partial charge in [0.15, 0.2) is 5.96 Å². The van der Waals surface area contributed by atoms with Gasteiger partial charge in [0.05, 0.1) is 5.56 Å². The van der Waals surface area contributed by atoms with E-state index in [-0.39, 0.29) is 18.4 Å². The first kappa shape index (κ1) is 22.0. The predicted octanol–water partition coefficient (Wildman–Crippen LogP) is 3.38. The maximum atomic E-state index is 12.9. The van der Waals surface area contributed by atoms with E-state index in [1.165, 1.54) is 12.1 Å². The lowest BCUT2D eigenvalue weighted by atomic mass is 9.96. The Morgan fingerprint density at radius 2 is 1.96 bits per heavy atom. The lowest BCUT2D eigenvalue weighted by molar-refractivity contribution is -0.137. The van der Waals surface area contributed by atoms with E-state index in [2.05, 4.69) is 15.6 Å². The highest BCUT2D eigenvalue weighted by Gasteiger charge is 2.30. The Balaban J connectivity index is 1.86. The van der Waals surface area contributed by atoms with Crippen molar-refractivity contribution in [3.8, 4) is 0 Å². The molecule has 0 radical (unpaired) electrons. The largest absolute Gasteiger partial charge is 0.416 e. The zero-order valence-electron chi connectivity index (χ0n) is 16.5. The zero-order chi connectivity index (χ0) is 20.6. The molecule has 2 N–H and O–H groups in total. The van der Waals surface area contributed by atoms with Crippen LogP contribution in [0.5, 0.6) is 0 Å². The van der Waals surface area contributed by atoms with E-state index in [0.29, 0.717) is 31.0 Å². The molecule has 8 heteroatoms. The normalized spacial score (nSPS) is 16.2. The monoisotopic (exact) mass is 398 g/mol. The van der Waals surface area contributed by atoms with Crippen LogP contribution in [0, 0.1) is 0 Å². The third-order valence-electron chi connectivity index (χ3n) is 4.83. The molecule has 1 saturated heterocycles. The van der Waals surface area contributed by atoms with Crippen molar-refractivity contribution in [2.45, 2.75) is 45.2 Å². The van der Waals surface area contributed by atoms with Crippen LogP contribution in [0.1, 0.15) is 50.2 Å². The van der Waals surface area contributed by atoms with Crippen LogP contribution < -0.4 is 10.6 Å². The summed E-state index contributed by atoms with van der Waals surface area (Å²) in [5.41, 5.74) is 0.0305. The number of benzene rings is 1. The molecule has 1 aromatic rings. The molecule has 1 aliphatic rings. The van der Waals surface area contributed by atoms with Crippen molar-refractivity contribution in [2.24, 2.45) is 4.99 Å². The van der Waals surface area contributed by atoms with Crippen LogP contribution >= 0.6 is 0 Å². The van der Waals surface area contributed by atoms with Gasteiger partial charge in [0.1, 0.15) is 6.54 Å². The van der Waals surface area contributed by atoms with Crippen LogP contribution in [-0.4, -0.2) is 49.5 Å².